The molecule has 5 heteroatoms. The van der Waals surface area contributed by atoms with Gasteiger partial charge in [0.2, 0.25) is 0 Å². The minimum Gasteiger partial charge on any atom is -0.378 e. The standard InChI is InChI=1S/C14H26N4O/c1-4-15-12(9-13-10-18(3)17-16-13)6-11-7-14(8-11)19-5-2/h10-12,14-15H,4-9H2,1-3H3. The Morgan fingerprint density at radius 1 is 1.47 bits per heavy atom. The third-order valence-electron chi connectivity index (χ3n) is 3.81. The van der Waals surface area contributed by atoms with Crippen molar-refractivity contribution in [1.82, 2.24) is 20.3 Å². The topological polar surface area (TPSA) is 52.0 Å². The van der Waals surface area contributed by atoms with Crippen LogP contribution in [-0.4, -0.2) is 40.3 Å². The lowest BCUT2D eigenvalue weighted by Gasteiger charge is -2.37. The molecule has 1 saturated carbocycles. The van der Waals surface area contributed by atoms with Crippen molar-refractivity contribution in [3.63, 3.8) is 0 Å². The maximum atomic E-state index is 5.63. The highest BCUT2D eigenvalue weighted by molar-refractivity contribution is 4.97. The lowest BCUT2D eigenvalue weighted by Crippen LogP contribution is -2.39. The summed E-state index contributed by atoms with van der Waals surface area (Å²) in [4.78, 5) is 0. The second-order valence-electron chi connectivity index (χ2n) is 5.49. The van der Waals surface area contributed by atoms with Crippen LogP contribution >= 0.6 is 0 Å². The molecule has 5 nitrogen and oxygen atoms in total. The lowest BCUT2D eigenvalue weighted by atomic mass is 9.77. The Morgan fingerprint density at radius 3 is 2.84 bits per heavy atom. The molecule has 1 aliphatic carbocycles. The summed E-state index contributed by atoms with van der Waals surface area (Å²) in [6, 6.07) is 0.509. The summed E-state index contributed by atoms with van der Waals surface area (Å²) in [7, 11) is 1.91. The second-order valence-corrected chi connectivity index (χ2v) is 5.49. The maximum Gasteiger partial charge on any atom is 0.0842 e. The fourth-order valence-electron chi connectivity index (χ4n) is 2.91. The smallest absolute Gasteiger partial charge is 0.0842 e. The average Bonchev–Trinajstić information content (AvgIpc) is 2.72. The molecule has 1 N–H and O–H groups in total. The van der Waals surface area contributed by atoms with E-state index in [1.54, 1.807) is 4.68 Å². The van der Waals surface area contributed by atoms with E-state index in [2.05, 4.69) is 29.5 Å². The van der Waals surface area contributed by atoms with E-state index in [1.807, 2.05) is 13.2 Å². The fraction of sp³-hybridized carbons (Fsp3) is 0.857. The van der Waals surface area contributed by atoms with Gasteiger partial charge in [-0.25, -0.2) is 0 Å². The van der Waals surface area contributed by atoms with Gasteiger partial charge in [0.05, 0.1) is 11.8 Å². The van der Waals surface area contributed by atoms with Crippen LogP contribution in [0.5, 0.6) is 0 Å². The summed E-state index contributed by atoms with van der Waals surface area (Å²) >= 11 is 0. The SMILES string of the molecule is CCNC(Cc1cn(C)nn1)CC1CC(OCC)C1. The Morgan fingerprint density at radius 2 is 2.26 bits per heavy atom. The van der Waals surface area contributed by atoms with Gasteiger partial charge in [-0.05, 0) is 38.6 Å². The molecular weight excluding hydrogens is 240 g/mol. The zero-order valence-electron chi connectivity index (χ0n) is 12.3. The van der Waals surface area contributed by atoms with Gasteiger partial charge in [-0.15, -0.1) is 5.10 Å². The van der Waals surface area contributed by atoms with Crippen molar-refractivity contribution >= 4 is 0 Å². The first kappa shape index (κ1) is 14.5. The highest BCUT2D eigenvalue weighted by atomic mass is 16.5. The zero-order chi connectivity index (χ0) is 13.7. The van der Waals surface area contributed by atoms with Gasteiger partial charge in [0, 0.05) is 32.3 Å². The predicted octanol–water partition coefficient (Wildman–Crippen LogP) is 1.54. The van der Waals surface area contributed by atoms with E-state index in [0.29, 0.717) is 12.1 Å². The molecule has 1 aromatic heterocycles. The van der Waals surface area contributed by atoms with Crippen molar-refractivity contribution in [1.29, 1.82) is 0 Å². The molecule has 19 heavy (non-hydrogen) atoms. The van der Waals surface area contributed by atoms with E-state index < -0.39 is 0 Å². The Hall–Kier alpha value is -0.940. The Balaban J connectivity index is 1.77. The molecule has 1 atom stereocenters. The molecule has 1 aromatic rings. The number of likely N-dealkylation sites (N-methyl/N-ethyl adjacent to an activating group) is 1. The van der Waals surface area contributed by atoms with E-state index in [0.717, 1.165) is 31.2 Å². The quantitative estimate of drug-likeness (QED) is 0.775. The number of nitrogens with zero attached hydrogens (tertiary/aromatic N) is 3. The summed E-state index contributed by atoms with van der Waals surface area (Å²) in [5.41, 5.74) is 1.08. The molecule has 108 valence electrons. The Kier molecular flexibility index (Phi) is 5.34. The first-order chi connectivity index (χ1) is 9.21. The molecular formula is C14H26N4O. The lowest BCUT2D eigenvalue weighted by molar-refractivity contribution is -0.0290. The van der Waals surface area contributed by atoms with Gasteiger partial charge in [0.25, 0.3) is 0 Å². The molecule has 0 radical (unpaired) electrons. The van der Waals surface area contributed by atoms with Crippen molar-refractivity contribution in [2.24, 2.45) is 13.0 Å². The largest absolute Gasteiger partial charge is 0.378 e. The minimum absolute atomic E-state index is 0.508. The number of nitrogens with one attached hydrogen (secondary N) is 1. The fourth-order valence-corrected chi connectivity index (χ4v) is 2.91. The molecule has 1 heterocycles. The number of aryl methyl sites for hydroxylation is 1. The van der Waals surface area contributed by atoms with Gasteiger partial charge >= 0.3 is 0 Å². The van der Waals surface area contributed by atoms with E-state index in [1.165, 1.54) is 19.3 Å². The van der Waals surface area contributed by atoms with Crippen LogP contribution in [0.25, 0.3) is 0 Å². The van der Waals surface area contributed by atoms with Crippen LogP contribution in [-0.2, 0) is 18.2 Å². The molecule has 1 unspecified atom stereocenters. The Labute approximate surface area is 115 Å². The van der Waals surface area contributed by atoms with E-state index in [4.69, 9.17) is 4.74 Å². The molecule has 2 rings (SSSR count). The van der Waals surface area contributed by atoms with Crippen molar-refractivity contribution in [2.45, 2.75) is 51.7 Å². The minimum atomic E-state index is 0.508. The van der Waals surface area contributed by atoms with Gasteiger partial charge in [0.1, 0.15) is 0 Å². The summed E-state index contributed by atoms with van der Waals surface area (Å²) < 4.78 is 7.40. The van der Waals surface area contributed by atoms with Crippen molar-refractivity contribution in [3.05, 3.63) is 11.9 Å². The van der Waals surface area contributed by atoms with Crippen LogP contribution in [0, 0.1) is 5.92 Å². The summed E-state index contributed by atoms with van der Waals surface area (Å²) in [6.07, 6.45) is 7.14. The highest BCUT2D eigenvalue weighted by Crippen LogP contribution is 2.33. The number of ether oxygens (including phenoxy) is 1. The van der Waals surface area contributed by atoms with Gasteiger partial charge in [-0.3, -0.25) is 4.68 Å². The molecule has 0 aromatic carbocycles. The molecule has 0 bridgehead atoms. The van der Waals surface area contributed by atoms with Crippen LogP contribution in [0.4, 0.5) is 0 Å². The van der Waals surface area contributed by atoms with Gasteiger partial charge < -0.3 is 10.1 Å². The number of hydrogen-bond acceptors (Lipinski definition) is 4. The summed E-state index contributed by atoms with van der Waals surface area (Å²) in [5.74, 6) is 0.803. The maximum absolute atomic E-state index is 5.63. The highest BCUT2D eigenvalue weighted by Gasteiger charge is 2.31. The van der Waals surface area contributed by atoms with Crippen LogP contribution < -0.4 is 5.32 Å². The molecule has 0 amide bonds. The number of aromatic nitrogens is 3. The first-order valence-electron chi connectivity index (χ1n) is 7.41. The van der Waals surface area contributed by atoms with E-state index in [9.17, 15) is 0 Å². The van der Waals surface area contributed by atoms with Crippen molar-refractivity contribution in [2.75, 3.05) is 13.2 Å². The predicted molar refractivity (Wildman–Crippen MR) is 74.9 cm³/mol. The van der Waals surface area contributed by atoms with Crippen molar-refractivity contribution in [3.8, 4) is 0 Å². The van der Waals surface area contributed by atoms with Gasteiger partial charge in [-0.2, -0.15) is 0 Å². The van der Waals surface area contributed by atoms with E-state index >= 15 is 0 Å². The van der Waals surface area contributed by atoms with Gasteiger partial charge in [0.15, 0.2) is 0 Å². The van der Waals surface area contributed by atoms with Crippen LogP contribution in [0.15, 0.2) is 6.20 Å². The molecule has 1 aliphatic rings. The molecule has 0 aliphatic heterocycles. The summed E-state index contributed by atoms with van der Waals surface area (Å²) in [6.45, 7) is 6.08. The molecule has 0 saturated heterocycles. The third-order valence-corrected chi connectivity index (χ3v) is 3.81. The Bertz CT molecular complexity index is 373. The second kappa shape index (κ2) is 7.01. The van der Waals surface area contributed by atoms with E-state index in [-0.39, 0.29) is 0 Å². The monoisotopic (exact) mass is 266 g/mol. The third kappa shape index (κ3) is 4.28. The molecule has 0 spiro atoms. The first-order valence-corrected chi connectivity index (χ1v) is 7.41. The van der Waals surface area contributed by atoms with Crippen molar-refractivity contribution < 1.29 is 4.74 Å². The van der Waals surface area contributed by atoms with Crippen LogP contribution in [0.2, 0.25) is 0 Å². The van der Waals surface area contributed by atoms with Gasteiger partial charge in [-0.1, -0.05) is 12.1 Å². The zero-order valence-corrected chi connectivity index (χ0v) is 12.3. The van der Waals surface area contributed by atoms with Crippen LogP contribution in [0.1, 0.15) is 38.8 Å². The van der Waals surface area contributed by atoms with Crippen LogP contribution in [0.3, 0.4) is 0 Å². The average molecular weight is 266 g/mol. The number of rotatable bonds is 8. The normalized spacial score (nSPS) is 24.2. The number of hydrogen-bond donors (Lipinski definition) is 1. The molecule has 1 fully saturated rings. The summed E-state index contributed by atoms with van der Waals surface area (Å²) in [5, 5.41) is 11.7.